The Morgan fingerprint density at radius 2 is 1.70 bits per heavy atom. The van der Waals surface area contributed by atoms with E-state index >= 15 is 0 Å². The van der Waals surface area contributed by atoms with Crippen LogP contribution in [0, 0.1) is 17.0 Å². The van der Waals surface area contributed by atoms with Crippen LogP contribution < -0.4 is 0 Å². The van der Waals surface area contributed by atoms with Gasteiger partial charge in [0.25, 0.3) is 10.0 Å². The fraction of sp³-hybridized carbons (Fsp3) is 0.316. The molecule has 0 radical (unpaired) electrons. The minimum atomic E-state index is -3.75. The van der Waals surface area contributed by atoms with E-state index in [0.29, 0.717) is 11.1 Å². The first-order valence-electron chi connectivity index (χ1n) is 8.28. The van der Waals surface area contributed by atoms with Gasteiger partial charge in [0.05, 0.1) is 25.2 Å². The molecule has 0 saturated heterocycles. The number of nitro groups is 1. The third kappa shape index (κ3) is 5.89. The van der Waals surface area contributed by atoms with E-state index in [9.17, 15) is 18.5 Å². The average Bonchev–Trinajstić information content (AvgIpc) is 2.61. The molecule has 0 bridgehead atoms. The third-order valence-electron chi connectivity index (χ3n) is 4.14. The van der Waals surface area contributed by atoms with Gasteiger partial charge in [0.15, 0.2) is 0 Å². The first kappa shape index (κ1) is 20.6. The zero-order chi connectivity index (χ0) is 20.0. The molecule has 0 N–H and O–H groups in total. The van der Waals surface area contributed by atoms with Crippen molar-refractivity contribution in [2.24, 2.45) is 4.40 Å². The van der Waals surface area contributed by atoms with Crippen molar-refractivity contribution in [1.82, 2.24) is 0 Å². The van der Waals surface area contributed by atoms with Crippen LogP contribution in [0.2, 0.25) is 0 Å². The highest BCUT2D eigenvalue weighted by Gasteiger charge is 2.35. The van der Waals surface area contributed by atoms with Crippen LogP contribution in [0.1, 0.15) is 28.5 Å². The molecule has 27 heavy (non-hydrogen) atoms. The van der Waals surface area contributed by atoms with Gasteiger partial charge in [-0.15, -0.1) is 4.40 Å². The van der Waals surface area contributed by atoms with Crippen LogP contribution >= 0.6 is 0 Å². The number of hydrogen-bond donors (Lipinski definition) is 0. The Morgan fingerprint density at radius 1 is 1.11 bits per heavy atom. The predicted molar refractivity (Wildman–Crippen MR) is 104 cm³/mol. The van der Waals surface area contributed by atoms with E-state index < -0.39 is 33.3 Å². The Balaban J connectivity index is 2.69. The Labute approximate surface area is 158 Å². The summed E-state index contributed by atoms with van der Waals surface area (Å²) in [5.74, 6) is -1.44. The van der Waals surface area contributed by atoms with Gasteiger partial charge in [0.2, 0.25) is 12.4 Å². The lowest BCUT2D eigenvalue weighted by Crippen LogP contribution is -2.28. The second-order valence-electron chi connectivity index (χ2n) is 6.29. The number of rotatable bonds is 7. The first-order chi connectivity index (χ1) is 12.7. The summed E-state index contributed by atoms with van der Waals surface area (Å²) in [5.41, 5.74) is 2.42. The maximum atomic E-state index is 11.8. The lowest BCUT2D eigenvalue weighted by Gasteiger charge is -2.25. The van der Waals surface area contributed by atoms with Gasteiger partial charge in [-0.05, 0) is 18.1 Å². The molecule has 8 heteroatoms. The summed E-state index contributed by atoms with van der Waals surface area (Å²) in [4.78, 5) is 11.0. The van der Waals surface area contributed by atoms with E-state index in [1.54, 1.807) is 24.3 Å². The SMILES string of the molecule is CO/C(=N\S(C)(=O)=O)[C@H](c1ccc(C)cc1)[C@H](C[N+](=O)[O-])c1ccccc1. The van der Waals surface area contributed by atoms with Crippen molar-refractivity contribution in [3.8, 4) is 0 Å². The van der Waals surface area contributed by atoms with Crippen molar-refractivity contribution in [2.75, 3.05) is 19.9 Å². The van der Waals surface area contributed by atoms with E-state index in [2.05, 4.69) is 4.40 Å². The van der Waals surface area contributed by atoms with Gasteiger partial charge in [-0.1, -0.05) is 60.2 Å². The number of ether oxygens (including phenoxy) is 1. The van der Waals surface area contributed by atoms with Gasteiger partial charge in [-0.3, -0.25) is 10.1 Å². The zero-order valence-electron chi connectivity index (χ0n) is 15.4. The number of nitrogens with zero attached hydrogens (tertiary/aromatic N) is 2. The molecule has 0 saturated carbocycles. The molecular formula is C19H22N2O5S. The topological polar surface area (TPSA) is 98.9 Å². The maximum absolute atomic E-state index is 11.8. The predicted octanol–water partition coefficient (Wildman–Crippen LogP) is 3.14. The molecule has 0 unspecified atom stereocenters. The molecule has 2 atom stereocenters. The molecule has 0 spiro atoms. The summed E-state index contributed by atoms with van der Waals surface area (Å²) in [6.07, 6.45) is 0.962. The van der Waals surface area contributed by atoms with Crippen LogP contribution in [0.4, 0.5) is 0 Å². The minimum Gasteiger partial charge on any atom is -0.483 e. The van der Waals surface area contributed by atoms with Crippen LogP contribution in [-0.4, -0.2) is 39.1 Å². The number of benzene rings is 2. The van der Waals surface area contributed by atoms with Crippen molar-refractivity contribution in [2.45, 2.75) is 18.8 Å². The van der Waals surface area contributed by atoms with E-state index in [1.165, 1.54) is 7.11 Å². The first-order valence-corrected chi connectivity index (χ1v) is 10.1. The van der Waals surface area contributed by atoms with Crippen LogP contribution in [0.5, 0.6) is 0 Å². The van der Waals surface area contributed by atoms with Gasteiger partial charge in [-0.25, -0.2) is 8.42 Å². The van der Waals surface area contributed by atoms with Crippen LogP contribution in [0.3, 0.4) is 0 Å². The molecule has 2 aromatic rings. The molecule has 0 aliphatic rings. The highest BCUT2D eigenvalue weighted by atomic mass is 32.2. The van der Waals surface area contributed by atoms with Crippen molar-refractivity contribution in [3.63, 3.8) is 0 Å². The summed E-state index contributed by atoms with van der Waals surface area (Å²) in [6, 6.07) is 16.3. The summed E-state index contributed by atoms with van der Waals surface area (Å²) in [6.45, 7) is 1.53. The number of sulfonamides is 1. The molecule has 7 nitrogen and oxygen atoms in total. The molecule has 0 amide bonds. The molecule has 0 aliphatic carbocycles. The smallest absolute Gasteiger partial charge is 0.253 e. The van der Waals surface area contributed by atoms with Crippen LogP contribution in [0.15, 0.2) is 59.0 Å². The summed E-state index contributed by atoms with van der Waals surface area (Å²) >= 11 is 0. The molecule has 2 rings (SSSR count). The van der Waals surface area contributed by atoms with Crippen LogP contribution in [0.25, 0.3) is 0 Å². The molecule has 0 heterocycles. The van der Waals surface area contributed by atoms with Gasteiger partial charge < -0.3 is 4.74 Å². The summed E-state index contributed by atoms with van der Waals surface area (Å²) in [5, 5.41) is 11.4. The average molecular weight is 390 g/mol. The second kappa shape index (κ2) is 8.77. The van der Waals surface area contributed by atoms with E-state index in [1.807, 2.05) is 37.3 Å². The summed E-state index contributed by atoms with van der Waals surface area (Å²) < 4.78 is 32.6. The van der Waals surface area contributed by atoms with Crippen LogP contribution in [-0.2, 0) is 14.8 Å². The second-order valence-corrected chi connectivity index (χ2v) is 7.94. The summed E-state index contributed by atoms with van der Waals surface area (Å²) in [7, 11) is -2.43. The number of methoxy groups -OCH3 is 1. The van der Waals surface area contributed by atoms with Gasteiger partial charge in [0, 0.05) is 4.92 Å². The van der Waals surface area contributed by atoms with Crippen molar-refractivity contribution >= 4 is 15.9 Å². The Hall–Kier alpha value is -2.74. The van der Waals surface area contributed by atoms with Crippen molar-refractivity contribution in [1.29, 1.82) is 0 Å². The molecular weight excluding hydrogens is 368 g/mol. The molecule has 2 aromatic carbocycles. The fourth-order valence-corrected chi connectivity index (χ4v) is 3.48. The van der Waals surface area contributed by atoms with E-state index in [0.717, 1.165) is 11.8 Å². The van der Waals surface area contributed by atoms with Gasteiger partial charge in [-0.2, -0.15) is 0 Å². The Morgan fingerprint density at radius 3 is 2.19 bits per heavy atom. The molecule has 0 fully saturated rings. The monoisotopic (exact) mass is 390 g/mol. The lowest BCUT2D eigenvalue weighted by molar-refractivity contribution is -0.483. The van der Waals surface area contributed by atoms with Gasteiger partial charge >= 0.3 is 0 Å². The highest BCUT2D eigenvalue weighted by Crippen LogP contribution is 2.35. The highest BCUT2D eigenvalue weighted by molar-refractivity contribution is 7.89. The number of hydrogen-bond acceptors (Lipinski definition) is 5. The zero-order valence-corrected chi connectivity index (χ0v) is 16.2. The largest absolute Gasteiger partial charge is 0.483 e. The fourth-order valence-electron chi connectivity index (χ4n) is 2.97. The molecule has 144 valence electrons. The van der Waals surface area contributed by atoms with E-state index in [4.69, 9.17) is 4.74 Å². The van der Waals surface area contributed by atoms with Crippen molar-refractivity contribution in [3.05, 3.63) is 81.4 Å². The quantitative estimate of drug-likeness (QED) is 0.313. The Bertz CT molecular complexity index is 909. The normalized spacial score (nSPS) is 14.4. The lowest BCUT2D eigenvalue weighted by atomic mass is 9.81. The minimum absolute atomic E-state index is 0.0722. The molecule has 0 aliphatic heterocycles. The van der Waals surface area contributed by atoms with Gasteiger partial charge in [0.1, 0.15) is 0 Å². The standard InChI is InChI=1S/C19H22N2O5S/c1-14-9-11-16(12-10-14)18(19(26-2)20-27(3,24)25)17(13-21(22)23)15-7-5-4-6-8-15/h4-12,17-18H,13H2,1-3H3/b20-19-/t17-,18-/m1/s1. The maximum Gasteiger partial charge on any atom is 0.253 e. The third-order valence-corrected chi connectivity index (χ3v) is 4.65. The van der Waals surface area contributed by atoms with E-state index in [-0.39, 0.29) is 5.90 Å². The van der Waals surface area contributed by atoms with Crippen molar-refractivity contribution < 1.29 is 18.1 Å². The number of aryl methyl sites for hydroxylation is 1. The molecule has 0 aromatic heterocycles. The Kier molecular flexibility index (Phi) is 6.68.